The van der Waals surface area contributed by atoms with Crippen LogP contribution in [0.2, 0.25) is 0 Å². The molecule has 0 unspecified atom stereocenters. The second-order valence-electron chi connectivity index (χ2n) is 4.34. The van der Waals surface area contributed by atoms with E-state index in [1.165, 1.54) is 0 Å². The van der Waals surface area contributed by atoms with Gasteiger partial charge in [0.1, 0.15) is 5.78 Å². The first-order chi connectivity index (χ1) is 7.45. The lowest BCUT2D eigenvalue weighted by molar-refractivity contribution is -0.116. The predicted molar refractivity (Wildman–Crippen MR) is 62.0 cm³/mol. The maximum Gasteiger partial charge on any atom is 0.235 e. The van der Waals surface area contributed by atoms with E-state index in [1.807, 2.05) is 38.1 Å². The number of carbonyl (C=O) groups is 1. The fourth-order valence-corrected chi connectivity index (χ4v) is 1.53. The smallest absolute Gasteiger partial charge is 0.235 e. The molecule has 3 heteroatoms. The van der Waals surface area contributed by atoms with Gasteiger partial charge in [-0.1, -0.05) is 24.3 Å². The highest BCUT2D eigenvalue weighted by Gasteiger charge is 2.19. The van der Waals surface area contributed by atoms with Crippen LogP contribution in [0.4, 0.5) is 0 Å². The Bertz CT molecular complexity index is 443. The van der Waals surface area contributed by atoms with Crippen LogP contribution in [0.15, 0.2) is 29.3 Å². The number of benzene rings is 1. The normalized spacial score (nSPS) is 10.7. The van der Waals surface area contributed by atoms with Crippen LogP contribution in [0.3, 0.4) is 0 Å². The zero-order valence-electron chi connectivity index (χ0n) is 9.78. The Balaban J connectivity index is 3.07. The molecule has 3 nitrogen and oxygen atoms in total. The Morgan fingerprint density at radius 2 is 2.12 bits per heavy atom. The highest BCUT2D eigenvalue weighted by atomic mass is 16.1. The van der Waals surface area contributed by atoms with Gasteiger partial charge in [0.2, 0.25) is 6.08 Å². The summed E-state index contributed by atoms with van der Waals surface area (Å²) in [4.78, 5) is 25.1. The first-order valence-electron chi connectivity index (χ1n) is 5.13. The van der Waals surface area contributed by atoms with E-state index >= 15 is 0 Å². The first-order valence-corrected chi connectivity index (χ1v) is 5.13. The van der Waals surface area contributed by atoms with Gasteiger partial charge in [0.15, 0.2) is 0 Å². The van der Waals surface area contributed by atoms with Crippen LogP contribution >= 0.6 is 0 Å². The van der Waals surface area contributed by atoms with Crippen LogP contribution in [0.25, 0.3) is 0 Å². The standard InChI is InChI=1S/C13H15NO2/c1-10(16)7-11-5-4-6-12(8-11)13(2,3)14-9-15/h4-6,8H,7H2,1-3H3. The predicted octanol–water partition coefficient (Wildman–Crippen LogP) is 2.39. The van der Waals surface area contributed by atoms with Gasteiger partial charge in [0, 0.05) is 6.42 Å². The maximum atomic E-state index is 11.0. The van der Waals surface area contributed by atoms with Gasteiger partial charge in [0.25, 0.3) is 0 Å². The van der Waals surface area contributed by atoms with Crippen LogP contribution in [0.1, 0.15) is 31.9 Å². The maximum absolute atomic E-state index is 11.0. The highest BCUT2D eigenvalue weighted by Crippen LogP contribution is 2.24. The summed E-state index contributed by atoms with van der Waals surface area (Å²) in [6, 6.07) is 7.56. The first kappa shape index (κ1) is 12.3. The fraction of sp³-hybridized carbons (Fsp3) is 0.385. The Kier molecular flexibility index (Phi) is 3.75. The summed E-state index contributed by atoms with van der Waals surface area (Å²) < 4.78 is 0. The average Bonchev–Trinajstić information content (AvgIpc) is 2.17. The third-order valence-electron chi connectivity index (χ3n) is 2.41. The minimum atomic E-state index is -0.589. The number of rotatable bonds is 4. The summed E-state index contributed by atoms with van der Waals surface area (Å²) in [6.07, 6.45) is 1.99. The third-order valence-corrected chi connectivity index (χ3v) is 2.41. The Labute approximate surface area is 95.2 Å². The molecule has 0 saturated heterocycles. The molecule has 1 rings (SSSR count). The average molecular weight is 217 g/mol. The zero-order valence-corrected chi connectivity index (χ0v) is 9.78. The van der Waals surface area contributed by atoms with Crippen molar-refractivity contribution in [3.63, 3.8) is 0 Å². The van der Waals surface area contributed by atoms with E-state index in [9.17, 15) is 9.59 Å². The summed E-state index contributed by atoms with van der Waals surface area (Å²) in [5.41, 5.74) is 1.27. The van der Waals surface area contributed by atoms with Gasteiger partial charge in [-0.2, -0.15) is 4.99 Å². The topological polar surface area (TPSA) is 46.5 Å². The number of nitrogens with zero attached hydrogens (tertiary/aromatic N) is 1. The minimum Gasteiger partial charge on any atom is -0.300 e. The van der Waals surface area contributed by atoms with Crippen molar-refractivity contribution in [3.8, 4) is 0 Å². The van der Waals surface area contributed by atoms with Gasteiger partial charge in [-0.05, 0) is 31.9 Å². The molecular formula is C13H15NO2. The zero-order chi connectivity index (χ0) is 12.2. The highest BCUT2D eigenvalue weighted by molar-refractivity contribution is 5.78. The summed E-state index contributed by atoms with van der Waals surface area (Å²) in [7, 11) is 0. The second kappa shape index (κ2) is 4.86. The van der Waals surface area contributed by atoms with E-state index in [1.54, 1.807) is 13.0 Å². The van der Waals surface area contributed by atoms with Crippen molar-refractivity contribution in [2.75, 3.05) is 0 Å². The number of aliphatic imine (C=N–C) groups is 1. The molecule has 0 fully saturated rings. The van der Waals surface area contributed by atoms with E-state index in [2.05, 4.69) is 4.99 Å². The molecular weight excluding hydrogens is 202 g/mol. The molecule has 0 aromatic heterocycles. The van der Waals surface area contributed by atoms with E-state index in [4.69, 9.17) is 0 Å². The van der Waals surface area contributed by atoms with Crippen LogP contribution < -0.4 is 0 Å². The summed E-state index contributed by atoms with van der Waals surface area (Å²) >= 11 is 0. The molecule has 0 atom stereocenters. The molecule has 0 spiro atoms. The van der Waals surface area contributed by atoms with Crippen LogP contribution in [-0.4, -0.2) is 11.9 Å². The molecule has 1 aromatic carbocycles. The summed E-state index contributed by atoms with van der Waals surface area (Å²) in [6.45, 7) is 5.23. The number of ketones is 1. The van der Waals surface area contributed by atoms with Crippen molar-refractivity contribution in [1.82, 2.24) is 0 Å². The molecule has 0 N–H and O–H groups in total. The van der Waals surface area contributed by atoms with Crippen molar-refractivity contribution in [1.29, 1.82) is 0 Å². The Morgan fingerprint density at radius 1 is 1.44 bits per heavy atom. The van der Waals surface area contributed by atoms with Gasteiger partial charge in [0.05, 0.1) is 5.54 Å². The molecule has 16 heavy (non-hydrogen) atoms. The van der Waals surface area contributed by atoms with Crippen LogP contribution in [0.5, 0.6) is 0 Å². The lowest BCUT2D eigenvalue weighted by Crippen LogP contribution is -2.14. The van der Waals surface area contributed by atoms with Crippen molar-refractivity contribution >= 4 is 11.9 Å². The Hall–Kier alpha value is -1.73. The molecule has 0 aliphatic heterocycles. The van der Waals surface area contributed by atoms with Gasteiger partial charge < -0.3 is 0 Å². The molecule has 0 heterocycles. The summed E-state index contributed by atoms with van der Waals surface area (Å²) in [5, 5.41) is 0. The molecule has 0 radical (unpaired) electrons. The minimum absolute atomic E-state index is 0.119. The van der Waals surface area contributed by atoms with Crippen molar-refractivity contribution in [2.45, 2.75) is 32.7 Å². The molecule has 0 aliphatic rings. The van der Waals surface area contributed by atoms with Gasteiger partial charge in [-0.25, -0.2) is 4.79 Å². The lowest BCUT2D eigenvalue weighted by Gasteiger charge is -2.18. The number of hydrogen-bond donors (Lipinski definition) is 0. The van der Waals surface area contributed by atoms with Gasteiger partial charge in [-0.15, -0.1) is 0 Å². The third kappa shape index (κ3) is 3.14. The largest absolute Gasteiger partial charge is 0.300 e. The number of carbonyl (C=O) groups excluding carboxylic acids is 2. The molecule has 0 aliphatic carbocycles. The van der Waals surface area contributed by atoms with E-state index in [0.29, 0.717) is 6.42 Å². The quantitative estimate of drug-likeness (QED) is 0.574. The molecule has 84 valence electrons. The Morgan fingerprint density at radius 3 is 2.69 bits per heavy atom. The van der Waals surface area contributed by atoms with E-state index < -0.39 is 5.54 Å². The van der Waals surface area contributed by atoms with Crippen LogP contribution in [0, 0.1) is 0 Å². The molecule has 0 bridgehead atoms. The SMILES string of the molecule is CC(=O)Cc1cccc(C(C)(C)N=C=O)c1. The molecule has 0 saturated carbocycles. The van der Waals surface area contributed by atoms with E-state index in [-0.39, 0.29) is 5.78 Å². The number of isocyanates is 1. The number of Topliss-reactive ketones (excluding diaryl/α,β-unsaturated/α-hetero) is 1. The summed E-state index contributed by atoms with van der Waals surface area (Å²) in [5.74, 6) is 0.119. The molecule has 1 aromatic rings. The van der Waals surface area contributed by atoms with Crippen LogP contribution in [-0.2, 0) is 21.5 Å². The lowest BCUT2D eigenvalue weighted by atomic mass is 9.93. The monoisotopic (exact) mass is 217 g/mol. The van der Waals surface area contributed by atoms with Crippen molar-refractivity contribution < 1.29 is 9.59 Å². The van der Waals surface area contributed by atoms with Crippen molar-refractivity contribution in [3.05, 3.63) is 35.4 Å². The van der Waals surface area contributed by atoms with Crippen molar-refractivity contribution in [2.24, 2.45) is 4.99 Å². The van der Waals surface area contributed by atoms with E-state index in [0.717, 1.165) is 11.1 Å². The molecule has 0 amide bonds. The fourth-order valence-electron chi connectivity index (χ4n) is 1.53. The second-order valence-corrected chi connectivity index (χ2v) is 4.34. The number of hydrogen-bond acceptors (Lipinski definition) is 3. The van der Waals surface area contributed by atoms with Gasteiger partial charge >= 0.3 is 0 Å². The van der Waals surface area contributed by atoms with Gasteiger partial charge in [-0.3, -0.25) is 4.79 Å².